The first-order valence-corrected chi connectivity index (χ1v) is 6.46. The molecule has 0 spiro atoms. The molecule has 2 atom stereocenters. The van der Waals surface area contributed by atoms with Crippen molar-refractivity contribution in [3.05, 3.63) is 35.9 Å². The summed E-state index contributed by atoms with van der Waals surface area (Å²) in [5.74, 6) is 0. The molecule has 0 heterocycles. The van der Waals surface area contributed by atoms with Crippen LogP contribution >= 0.6 is 16.5 Å². The van der Waals surface area contributed by atoms with Crippen molar-refractivity contribution in [3.8, 4) is 0 Å². The van der Waals surface area contributed by atoms with Crippen molar-refractivity contribution in [2.45, 2.75) is 6.54 Å². The van der Waals surface area contributed by atoms with Gasteiger partial charge in [0, 0.05) is 6.54 Å². The summed E-state index contributed by atoms with van der Waals surface area (Å²) in [7, 11) is -6.40. The first-order valence-electron chi connectivity index (χ1n) is 3.94. The lowest BCUT2D eigenvalue weighted by molar-refractivity contribution is 0.371. The van der Waals surface area contributed by atoms with Crippen LogP contribution < -0.4 is 5.73 Å². The molecule has 0 radical (unpaired) electrons. The lowest BCUT2D eigenvalue weighted by atomic mass is 10.2. The van der Waals surface area contributed by atoms with Crippen LogP contribution in [0.25, 0.3) is 0 Å². The third kappa shape index (κ3) is 9.82. The Labute approximate surface area is 88.6 Å². The summed E-state index contributed by atoms with van der Waals surface area (Å²) in [6.07, 6.45) is 0. The van der Waals surface area contributed by atoms with Crippen LogP contribution in [-0.4, -0.2) is 9.79 Å². The number of nitrogens with two attached hydrogens (primary N) is 1. The minimum absolute atomic E-state index is 0.640. The average molecular weight is 253 g/mol. The number of hydrogen-bond donors (Lipinski definition) is 3. The van der Waals surface area contributed by atoms with E-state index in [1.807, 2.05) is 30.3 Å². The van der Waals surface area contributed by atoms with Gasteiger partial charge in [0.05, 0.1) is 0 Å². The van der Waals surface area contributed by atoms with Crippen LogP contribution in [0.4, 0.5) is 0 Å². The highest BCUT2D eigenvalue weighted by Gasteiger charge is 1.93. The maximum absolute atomic E-state index is 9.44. The summed E-state index contributed by atoms with van der Waals surface area (Å²) in [5, 5.41) is 0. The minimum atomic E-state index is -3.20. The molecule has 0 fully saturated rings. The molecule has 0 amide bonds. The largest absolute Gasteiger partial charge is 0.326 e. The lowest BCUT2D eigenvalue weighted by Gasteiger charge is -1.90. The maximum atomic E-state index is 9.44. The fraction of sp³-hybridized carbons (Fsp3) is 0.143. The van der Waals surface area contributed by atoms with E-state index in [-0.39, 0.29) is 0 Å². The van der Waals surface area contributed by atoms with Crippen LogP contribution in [-0.2, 0) is 20.0 Å². The topological polar surface area (TPSA) is 110 Å². The summed E-state index contributed by atoms with van der Waals surface area (Å²) >= 11 is 0. The molecule has 0 bridgehead atoms. The van der Waals surface area contributed by atoms with E-state index in [1.54, 1.807) is 0 Å². The molecular weight excluding hydrogens is 240 g/mol. The van der Waals surface area contributed by atoms with Crippen LogP contribution in [0.5, 0.6) is 0 Å². The fourth-order valence-corrected chi connectivity index (χ4v) is 1.29. The van der Waals surface area contributed by atoms with Gasteiger partial charge in [-0.25, -0.2) is 4.31 Å². The monoisotopic (exact) mass is 253 g/mol. The molecule has 0 saturated heterocycles. The highest BCUT2D eigenvalue weighted by atomic mass is 31.2. The number of hydrogen-bond acceptors (Lipinski definition) is 4. The second kappa shape index (κ2) is 8.80. The molecule has 6 nitrogen and oxygen atoms in total. The Kier molecular flexibility index (Phi) is 8.52. The third-order valence-corrected chi connectivity index (χ3v) is 2.65. The maximum Gasteiger partial charge on any atom is 0.323 e. The average Bonchev–Trinajstić information content (AvgIpc) is 2.18. The zero-order chi connectivity index (χ0) is 11.7. The zero-order valence-corrected chi connectivity index (χ0v) is 9.79. The Morgan fingerprint density at radius 3 is 1.80 bits per heavy atom. The predicted octanol–water partition coefficient (Wildman–Crippen LogP) is 0.912. The fourth-order valence-electron chi connectivity index (χ4n) is 0.689. The molecule has 1 rings (SSSR count). The molecule has 0 aliphatic rings. The molecule has 1 aromatic carbocycles. The summed E-state index contributed by atoms with van der Waals surface area (Å²) in [6, 6.07) is 9.99. The van der Waals surface area contributed by atoms with Gasteiger partial charge < -0.3 is 15.5 Å². The Morgan fingerprint density at radius 1 is 1.13 bits per heavy atom. The van der Waals surface area contributed by atoms with E-state index in [2.05, 4.69) is 4.31 Å². The number of rotatable bonds is 3. The molecule has 2 unspecified atom stereocenters. The van der Waals surface area contributed by atoms with Crippen LogP contribution in [0.3, 0.4) is 0 Å². The van der Waals surface area contributed by atoms with Crippen molar-refractivity contribution in [2.75, 3.05) is 0 Å². The Hall–Kier alpha value is -0.480. The van der Waals surface area contributed by atoms with Crippen LogP contribution in [0.15, 0.2) is 30.3 Å². The first kappa shape index (κ1) is 14.5. The van der Waals surface area contributed by atoms with Gasteiger partial charge in [-0.05, 0) is 5.56 Å². The molecule has 8 heteroatoms. The Balaban J connectivity index is 0.000000265. The summed E-state index contributed by atoms with van der Waals surface area (Å²) in [6.45, 7) is 0.640. The molecule has 0 aliphatic carbocycles. The van der Waals surface area contributed by atoms with E-state index in [4.69, 9.17) is 15.5 Å². The molecule has 1 aromatic rings. The van der Waals surface area contributed by atoms with Gasteiger partial charge in [0.15, 0.2) is 0 Å². The molecular formula is C7H13NO5P2. The number of benzene rings is 1. The molecule has 15 heavy (non-hydrogen) atoms. The minimum Gasteiger partial charge on any atom is -0.326 e. The standard InChI is InChI=1S/C7H9N.H4O5P2/c8-6-7-4-2-1-3-5-7;1-6(2)5-7(3)4/h1-5H,6,8H2;6-7H,(H,1,2)(H,3,4). The van der Waals surface area contributed by atoms with Gasteiger partial charge >= 0.3 is 16.5 Å². The van der Waals surface area contributed by atoms with E-state index >= 15 is 0 Å². The normalized spacial score (nSPS) is 13.5. The van der Waals surface area contributed by atoms with Gasteiger partial charge in [-0.2, -0.15) is 0 Å². The second-order valence-corrected chi connectivity index (χ2v) is 4.20. The molecule has 4 N–H and O–H groups in total. The van der Waals surface area contributed by atoms with E-state index < -0.39 is 16.5 Å². The van der Waals surface area contributed by atoms with E-state index in [9.17, 15) is 9.13 Å². The highest BCUT2D eigenvalue weighted by molar-refractivity contribution is 7.46. The van der Waals surface area contributed by atoms with Gasteiger partial charge in [-0.3, -0.25) is 9.13 Å². The van der Waals surface area contributed by atoms with Crippen molar-refractivity contribution < 1.29 is 23.2 Å². The van der Waals surface area contributed by atoms with Gasteiger partial charge in [-0.15, -0.1) is 0 Å². The summed E-state index contributed by atoms with van der Waals surface area (Å²) in [4.78, 5) is 15.4. The first-order chi connectivity index (χ1) is 7.06. The van der Waals surface area contributed by atoms with Gasteiger partial charge in [0.1, 0.15) is 0 Å². The Bertz CT molecular complexity index is 306. The van der Waals surface area contributed by atoms with Crippen LogP contribution in [0.1, 0.15) is 5.56 Å². The van der Waals surface area contributed by atoms with Gasteiger partial charge in [0.25, 0.3) is 0 Å². The summed E-state index contributed by atoms with van der Waals surface area (Å²) < 4.78 is 22.3. The van der Waals surface area contributed by atoms with Crippen molar-refractivity contribution in [1.29, 1.82) is 0 Å². The van der Waals surface area contributed by atoms with Crippen molar-refractivity contribution in [2.24, 2.45) is 5.73 Å². The second-order valence-electron chi connectivity index (χ2n) is 2.32. The smallest absolute Gasteiger partial charge is 0.323 e. The van der Waals surface area contributed by atoms with E-state index in [0.29, 0.717) is 6.54 Å². The van der Waals surface area contributed by atoms with Gasteiger partial charge in [-0.1, -0.05) is 30.3 Å². The lowest BCUT2D eigenvalue weighted by Crippen LogP contribution is -1.94. The van der Waals surface area contributed by atoms with Crippen molar-refractivity contribution >= 4 is 16.5 Å². The molecule has 86 valence electrons. The SMILES string of the molecule is NCc1ccccc1.O=[PH](O)O[PH](=O)O. The summed E-state index contributed by atoms with van der Waals surface area (Å²) in [5.41, 5.74) is 6.54. The van der Waals surface area contributed by atoms with Crippen molar-refractivity contribution in [3.63, 3.8) is 0 Å². The van der Waals surface area contributed by atoms with E-state index in [0.717, 1.165) is 0 Å². The van der Waals surface area contributed by atoms with Crippen LogP contribution in [0, 0.1) is 0 Å². The van der Waals surface area contributed by atoms with Crippen LogP contribution in [0.2, 0.25) is 0 Å². The van der Waals surface area contributed by atoms with Crippen molar-refractivity contribution in [1.82, 2.24) is 0 Å². The third-order valence-electron chi connectivity index (χ3n) is 1.25. The zero-order valence-electron chi connectivity index (χ0n) is 7.79. The predicted molar refractivity (Wildman–Crippen MR) is 57.9 cm³/mol. The Morgan fingerprint density at radius 2 is 1.60 bits per heavy atom. The highest BCUT2D eigenvalue weighted by Crippen LogP contribution is 2.30. The molecule has 0 aliphatic heterocycles. The quantitative estimate of drug-likeness (QED) is 0.690. The molecule has 0 aromatic heterocycles. The van der Waals surface area contributed by atoms with E-state index in [1.165, 1.54) is 5.56 Å². The molecule has 0 saturated carbocycles. The van der Waals surface area contributed by atoms with Gasteiger partial charge in [0.2, 0.25) is 0 Å².